The average Bonchev–Trinajstić information content (AvgIpc) is 3.14. The summed E-state index contributed by atoms with van der Waals surface area (Å²) in [5.41, 5.74) is 2.47. The highest BCUT2D eigenvalue weighted by Gasteiger charge is 2.54. The molecule has 35 heavy (non-hydrogen) atoms. The summed E-state index contributed by atoms with van der Waals surface area (Å²) in [7, 11) is 1.38. The largest absolute Gasteiger partial charge is 0.462 e. The van der Waals surface area contributed by atoms with E-state index in [9.17, 15) is 14.0 Å². The van der Waals surface area contributed by atoms with Crippen molar-refractivity contribution >= 4 is 18.1 Å². The molecule has 1 N–H and O–H groups in total. The normalized spacial score (nSPS) is 32.0. The number of halogens is 1. The summed E-state index contributed by atoms with van der Waals surface area (Å²) < 4.78 is 24.0. The summed E-state index contributed by atoms with van der Waals surface area (Å²) in [6.07, 6.45) is 9.01. The fourth-order valence-corrected chi connectivity index (χ4v) is 6.52. The van der Waals surface area contributed by atoms with Crippen molar-refractivity contribution in [2.24, 2.45) is 29.6 Å². The lowest BCUT2D eigenvalue weighted by Gasteiger charge is -2.47. The quantitative estimate of drug-likeness (QED) is 0.608. The number of benzene rings is 1. The molecule has 2 aliphatic carbocycles. The average molecular weight is 479 g/mol. The van der Waals surface area contributed by atoms with Gasteiger partial charge >= 0.3 is 12.1 Å². The van der Waals surface area contributed by atoms with Gasteiger partial charge in [-0.05, 0) is 80.2 Å². The van der Waals surface area contributed by atoms with Crippen LogP contribution in [0.25, 0.3) is 17.2 Å². The Hall–Kier alpha value is -3.22. The van der Waals surface area contributed by atoms with E-state index >= 15 is 0 Å². The van der Waals surface area contributed by atoms with Crippen LogP contribution < -0.4 is 5.32 Å². The SMILES string of the molecule is COC(=O)N[C@H]1CC[C@@H]2[C@@H](C1)C[C@H]1C(=O)O[C@H](C)[C@H]1[C@H]2/C=C/c1ccc(-c2cccc(F)c2)cn1. The molecule has 184 valence electrons. The van der Waals surface area contributed by atoms with Crippen LogP contribution >= 0.6 is 0 Å². The molecule has 0 radical (unpaired) electrons. The van der Waals surface area contributed by atoms with Crippen LogP contribution in [0.3, 0.4) is 0 Å². The first-order valence-corrected chi connectivity index (χ1v) is 12.4. The molecule has 1 amide bonds. The predicted octanol–water partition coefficient (Wildman–Crippen LogP) is 5.24. The van der Waals surface area contributed by atoms with Crippen molar-refractivity contribution < 1.29 is 23.5 Å². The molecule has 2 saturated carbocycles. The standard InChI is InChI=1S/C28H31FN2O4/c1-16-26-24(11-8-21-7-6-18(15-30-21)17-4-3-5-20(29)12-17)23-10-9-22(31-28(33)34-2)13-19(23)14-25(26)27(32)35-16/h3-8,11-12,15-16,19,22-26H,9-10,13-14H2,1-2H3,(H,31,33)/b11-8+/t16-,19+,22+,23-,24+,25-,26+/m1/s1. The summed E-state index contributed by atoms with van der Waals surface area (Å²) >= 11 is 0. The highest BCUT2D eigenvalue weighted by Crippen LogP contribution is 2.53. The summed E-state index contributed by atoms with van der Waals surface area (Å²) in [6.45, 7) is 2.00. The molecule has 0 spiro atoms. The van der Waals surface area contributed by atoms with Gasteiger partial charge in [0.25, 0.3) is 0 Å². The summed E-state index contributed by atoms with van der Waals surface area (Å²) in [5, 5.41) is 2.95. The maximum atomic E-state index is 13.6. The van der Waals surface area contributed by atoms with Gasteiger partial charge in [-0.3, -0.25) is 9.78 Å². The van der Waals surface area contributed by atoms with Crippen molar-refractivity contribution in [3.05, 3.63) is 60.2 Å². The smallest absolute Gasteiger partial charge is 0.407 e. The lowest BCUT2D eigenvalue weighted by Crippen LogP contribution is -2.48. The number of cyclic esters (lactones) is 1. The van der Waals surface area contributed by atoms with Gasteiger partial charge in [0.2, 0.25) is 0 Å². The third-order valence-electron chi connectivity index (χ3n) is 8.09. The maximum Gasteiger partial charge on any atom is 0.407 e. The van der Waals surface area contributed by atoms with Crippen LogP contribution in [0, 0.1) is 35.4 Å². The predicted molar refractivity (Wildman–Crippen MR) is 129 cm³/mol. The molecule has 0 bridgehead atoms. The number of carbonyl (C=O) groups excluding carboxylic acids is 2. The van der Waals surface area contributed by atoms with E-state index in [1.54, 1.807) is 12.3 Å². The lowest BCUT2D eigenvalue weighted by atomic mass is 9.57. The van der Waals surface area contributed by atoms with E-state index in [-0.39, 0.29) is 41.7 Å². The molecule has 3 aliphatic rings. The Kier molecular flexibility index (Phi) is 6.58. The Morgan fingerprint density at radius 3 is 2.80 bits per heavy atom. The number of fused-ring (bicyclic) bond motifs is 2. The third-order valence-corrected chi connectivity index (χ3v) is 8.09. The molecule has 3 fully saturated rings. The Balaban J connectivity index is 1.36. The second-order valence-electron chi connectivity index (χ2n) is 10.0. The zero-order chi connectivity index (χ0) is 24.5. The number of aromatic nitrogens is 1. The van der Waals surface area contributed by atoms with Crippen LogP contribution in [0.15, 0.2) is 48.7 Å². The van der Waals surface area contributed by atoms with Gasteiger partial charge in [0.15, 0.2) is 0 Å². The zero-order valence-electron chi connectivity index (χ0n) is 20.0. The summed E-state index contributed by atoms with van der Waals surface area (Å²) in [4.78, 5) is 28.9. The van der Waals surface area contributed by atoms with E-state index in [4.69, 9.17) is 9.47 Å². The summed E-state index contributed by atoms with van der Waals surface area (Å²) in [5.74, 6) is 0.628. The van der Waals surface area contributed by atoms with Crippen molar-refractivity contribution in [3.63, 3.8) is 0 Å². The van der Waals surface area contributed by atoms with E-state index in [0.29, 0.717) is 11.8 Å². The van der Waals surface area contributed by atoms with Gasteiger partial charge in [-0.25, -0.2) is 9.18 Å². The van der Waals surface area contributed by atoms with Crippen molar-refractivity contribution in [2.75, 3.05) is 7.11 Å². The first kappa shape index (κ1) is 23.5. The number of nitrogens with one attached hydrogen (secondary N) is 1. The number of carbonyl (C=O) groups is 2. The van der Waals surface area contributed by atoms with Crippen LogP contribution in [0.5, 0.6) is 0 Å². The third kappa shape index (κ3) is 4.81. The number of alkyl carbamates (subject to hydrolysis) is 1. The van der Waals surface area contributed by atoms with Gasteiger partial charge in [0.1, 0.15) is 11.9 Å². The molecule has 1 saturated heterocycles. The molecule has 1 aromatic carbocycles. The number of pyridine rings is 1. The maximum absolute atomic E-state index is 13.6. The van der Waals surface area contributed by atoms with Crippen molar-refractivity contribution in [2.45, 2.75) is 44.8 Å². The molecule has 1 aromatic heterocycles. The molecule has 7 heteroatoms. The number of amides is 1. The van der Waals surface area contributed by atoms with Gasteiger partial charge < -0.3 is 14.8 Å². The van der Waals surface area contributed by atoms with E-state index < -0.39 is 6.09 Å². The van der Waals surface area contributed by atoms with Crippen LogP contribution in [0.4, 0.5) is 9.18 Å². The molecular formula is C28H31FN2O4. The molecule has 1 aliphatic heterocycles. The van der Waals surface area contributed by atoms with E-state index in [2.05, 4.69) is 16.4 Å². The highest BCUT2D eigenvalue weighted by molar-refractivity contribution is 5.75. The summed E-state index contributed by atoms with van der Waals surface area (Å²) in [6, 6.07) is 10.4. The van der Waals surface area contributed by atoms with Gasteiger partial charge in [-0.15, -0.1) is 0 Å². The number of allylic oxidation sites excluding steroid dienone is 1. The molecule has 2 heterocycles. The van der Waals surface area contributed by atoms with Crippen LogP contribution in [-0.4, -0.2) is 36.3 Å². The number of nitrogens with zero attached hydrogens (tertiary/aromatic N) is 1. The van der Waals surface area contributed by atoms with Crippen molar-refractivity contribution in [1.82, 2.24) is 10.3 Å². The van der Waals surface area contributed by atoms with Gasteiger partial charge in [0.05, 0.1) is 18.7 Å². The second-order valence-corrected chi connectivity index (χ2v) is 10.0. The number of esters is 1. The minimum atomic E-state index is -0.403. The van der Waals surface area contributed by atoms with Gasteiger partial charge in [-0.2, -0.15) is 0 Å². The fourth-order valence-electron chi connectivity index (χ4n) is 6.52. The first-order valence-electron chi connectivity index (χ1n) is 12.4. The molecule has 0 unspecified atom stereocenters. The topological polar surface area (TPSA) is 77.5 Å². The monoisotopic (exact) mass is 478 g/mol. The minimum absolute atomic E-state index is 0.0664. The van der Waals surface area contributed by atoms with E-state index in [1.165, 1.54) is 19.2 Å². The van der Waals surface area contributed by atoms with Gasteiger partial charge in [-0.1, -0.05) is 24.3 Å². The Morgan fingerprint density at radius 1 is 1.20 bits per heavy atom. The lowest BCUT2D eigenvalue weighted by molar-refractivity contribution is -0.144. The molecular weight excluding hydrogens is 447 g/mol. The Labute approximate surface area is 204 Å². The van der Waals surface area contributed by atoms with Crippen molar-refractivity contribution in [1.29, 1.82) is 0 Å². The zero-order valence-corrected chi connectivity index (χ0v) is 20.0. The Morgan fingerprint density at radius 2 is 2.06 bits per heavy atom. The first-order chi connectivity index (χ1) is 16.9. The number of hydrogen-bond donors (Lipinski definition) is 1. The molecule has 5 rings (SSSR count). The fraction of sp³-hybridized carbons (Fsp3) is 0.464. The number of ether oxygens (including phenoxy) is 2. The Bertz CT molecular complexity index is 1120. The molecule has 6 nitrogen and oxygen atoms in total. The van der Waals surface area contributed by atoms with Gasteiger partial charge in [0, 0.05) is 23.7 Å². The van der Waals surface area contributed by atoms with Crippen molar-refractivity contribution in [3.8, 4) is 11.1 Å². The van der Waals surface area contributed by atoms with E-state index in [1.807, 2.05) is 31.2 Å². The van der Waals surface area contributed by atoms with Crippen LogP contribution in [0.1, 0.15) is 38.3 Å². The number of rotatable bonds is 4. The second kappa shape index (κ2) is 9.80. The highest BCUT2D eigenvalue weighted by atomic mass is 19.1. The number of hydrogen-bond acceptors (Lipinski definition) is 5. The number of methoxy groups -OCH3 is 1. The molecule has 7 atom stereocenters. The van der Waals surface area contributed by atoms with Crippen LogP contribution in [-0.2, 0) is 14.3 Å². The molecule has 2 aromatic rings. The van der Waals surface area contributed by atoms with E-state index in [0.717, 1.165) is 42.5 Å². The van der Waals surface area contributed by atoms with Crippen LogP contribution in [0.2, 0.25) is 0 Å². The minimum Gasteiger partial charge on any atom is -0.462 e.